The molecule has 0 saturated heterocycles. The van der Waals surface area contributed by atoms with Crippen molar-refractivity contribution in [3.8, 4) is 0 Å². The molecule has 24 heavy (non-hydrogen) atoms. The molecule has 4 fully saturated rings. The summed E-state index contributed by atoms with van der Waals surface area (Å²) in [5, 5.41) is 0. The molecule has 4 saturated carbocycles. The van der Waals surface area contributed by atoms with Crippen LogP contribution in [0.1, 0.15) is 61.6 Å². The summed E-state index contributed by atoms with van der Waals surface area (Å²) in [4.78, 5) is 12.6. The number of hydrogen-bond donors (Lipinski definition) is 0. The molecule has 0 spiro atoms. The molecule has 0 aromatic heterocycles. The normalized spacial score (nSPS) is 36.8. The molecular formula is C21H27BrO2. The van der Waals surface area contributed by atoms with Crippen molar-refractivity contribution in [3.63, 3.8) is 0 Å². The monoisotopic (exact) mass is 390 g/mol. The number of esters is 1. The first-order valence-electron chi connectivity index (χ1n) is 9.26. The summed E-state index contributed by atoms with van der Waals surface area (Å²) in [6.07, 6.45) is 8.23. The molecule has 0 heterocycles. The van der Waals surface area contributed by atoms with Gasteiger partial charge < -0.3 is 4.74 Å². The molecule has 5 rings (SSSR count). The molecular weight excluding hydrogens is 364 g/mol. The Morgan fingerprint density at radius 1 is 1.21 bits per heavy atom. The summed E-state index contributed by atoms with van der Waals surface area (Å²) in [6.45, 7) is 4.57. The lowest BCUT2D eigenvalue weighted by atomic mass is 9.49. The van der Waals surface area contributed by atoms with Gasteiger partial charge in [-0.2, -0.15) is 0 Å². The molecule has 1 aromatic rings. The number of carbonyl (C=O) groups excluding carboxylic acids is 1. The maximum Gasteiger partial charge on any atom is 0.306 e. The van der Waals surface area contributed by atoms with Crippen LogP contribution >= 0.6 is 15.9 Å². The van der Waals surface area contributed by atoms with Crippen LogP contribution in [0.4, 0.5) is 0 Å². The Balaban J connectivity index is 1.40. The van der Waals surface area contributed by atoms with Gasteiger partial charge in [-0.05, 0) is 80.8 Å². The van der Waals surface area contributed by atoms with Crippen molar-refractivity contribution in [2.45, 2.75) is 69.7 Å². The molecule has 4 aliphatic carbocycles. The van der Waals surface area contributed by atoms with Gasteiger partial charge in [0.15, 0.2) is 0 Å². The van der Waals surface area contributed by atoms with E-state index >= 15 is 0 Å². The number of alkyl halides is 1. The first-order valence-corrected chi connectivity index (χ1v) is 10.0. The summed E-state index contributed by atoms with van der Waals surface area (Å²) in [6, 6.07) is 6.33. The standard InChI is InChI=1S/C21H27BrO2/c1-14-3-4-15(2)18(5-14)12-24-19(23)11-20-7-16-6-17(8-20)10-21(22,9-16)13-20/h3-5,16-17H,6-13H2,1-2H3/t16-,17+,20?,21?. The van der Waals surface area contributed by atoms with Gasteiger partial charge in [0.25, 0.3) is 0 Å². The molecule has 2 nitrogen and oxygen atoms in total. The summed E-state index contributed by atoms with van der Waals surface area (Å²) in [5.74, 6) is 1.63. The summed E-state index contributed by atoms with van der Waals surface area (Å²) in [5.41, 5.74) is 3.74. The Morgan fingerprint density at radius 3 is 2.58 bits per heavy atom. The quantitative estimate of drug-likeness (QED) is 0.503. The van der Waals surface area contributed by atoms with Gasteiger partial charge in [-0.25, -0.2) is 0 Å². The van der Waals surface area contributed by atoms with Crippen LogP contribution in [0.25, 0.3) is 0 Å². The molecule has 4 aliphatic rings. The second-order valence-corrected chi connectivity index (χ2v) is 10.6. The van der Waals surface area contributed by atoms with Crippen LogP contribution in [0.15, 0.2) is 18.2 Å². The largest absolute Gasteiger partial charge is 0.461 e. The van der Waals surface area contributed by atoms with Gasteiger partial charge in [0.2, 0.25) is 0 Å². The van der Waals surface area contributed by atoms with Crippen LogP contribution in [0.3, 0.4) is 0 Å². The minimum atomic E-state index is -0.00560. The van der Waals surface area contributed by atoms with E-state index in [2.05, 4.69) is 48.0 Å². The van der Waals surface area contributed by atoms with Crippen molar-refractivity contribution < 1.29 is 9.53 Å². The molecule has 0 aliphatic heterocycles. The van der Waals surface area contributed by atoms with Gasteiger partial charge in [-0.3, -0.25) is 4.79 Å². The van der Waals surface area contributed by atoms with Gasteiger partial charge in [0.05, 0.1) is 6.42 Å². The Bertz CT molecular complexity index is 652. The zero-order valence-corrected chi connectivity index (χ0v) is 16.3. The number of rotatable bonds is 4. The van der Waals surface area contributed by atoms with Crippen LogP contribution in [0.2, 0.25) is 0 Å². The highest BCUT2D eigenvalue weighted by Gasteiger charge is 2.57. The maximum atomic E-state index is 12.6. The van der Waals surface area contributed by atoms with E-state index in [1.165, 1.54) is 43.2 Å². The molecule has 0 N–H and O–H groups in total. The second kappa shape index (κ2) is 5.86. The predicted octanol–water partition coefficient (Wildman–Crippen LogP) is 5.47. The lowest BCUT2D eigenvalue weighted by Crippen LogP contribution is -2.53. The molecule has 2 unspecified atom stereocenters. The van der Waals surface area contributed by atoms with Gasteiger partial charge >= 0.3 is 5.97 Å². The van der Waals surface area contributed by atoms with Gasteiger partial charge in [-0.15, -0.1) is 0 Å². The van der Waals surface area contributed by atoms with Crippen LogP contribution in [-0.2, 0) is 16.1 Å². The van der Waals surface area contributed by atoms with E-state index in [0.717, 1.165) is 23.8 Å². The number of carbonyl (C=O) groups is 1. The first-order chi connectivity index (χ1) is 11.3. The van der Waals surface area contributed by atoms with Crippen LogP contribution in [0.5, 0.6) is 0 Å². The summed E-state index contributed by atoms with van der Waals surface area (Å²) in [7, 11) is 0. The molecule has 1 aromatic carbocycles. The van der Waals surface area contributed by atoms with E-state index in [9.17, 15) is 4.79 Å². The van der Waals surface area contributed by atoms with E-state index in [4.69, 9.17) is 4.74 Å². The molecule has 0 radical (unpaired) electrons. The molecule has 4 atom stereocenters. The number of halogens is 1. The SMILES string of the molecule is Cc1ccc(C)c(COC(=O)CC23C[C@@H]4C[C@@H](CC(Br)(C4)C2)C3)c1. The van der Waals surface area contributed by atoms with Gasteiger partial charge in [0, 0.05) is 4.32 Å². The highest BCUT2D eigenvalue weighted by molar-refractivity contribution is 9.10. The van der Waals surface area contributed by atoms with E-state index in [0.29, 0.717) is 17.4 Å². The average molecular weight is 391 g/mol. The Hall–Kier alpha value is -0.830. The fourth-order valence-corrected chi connectivity index (χ4v) is 7.52. The topological polar surface area (TPSA) is 26.3 Å². The number of ether oxygens (including phenoxy) is 1. The van der Waals surface area contributed by atoms with Crippen molar-refractivity contribution >= 4 is 21.9 Å². The molecule has 4 bridgehead atoms. The lowest BCUT2D eigenvalue weighted by Gasteiger charge is -2.60. The van der Waals surface area contributed by atoms with E-state index in [-0.39, 0.29) is 11.4 Å². The molecule has 130 valence electrons. The Kier molecular flexibility index (Phi) is 4.06. The fourth-order valence-electron chi connectivity index (χ4n) is 6.01. The highest BCUT2D eigenvalue weighted by atomic mass is 79.9. The second-order valence-electron chi connectivity index (χ2n) is 8.88. The van der Waals surface area contributed by atoms with Crippen molar-refractivity contribution in [1.82, 2.24) is 0 Å². The van der Waals surface area contributed by atoms with E-state index < -0.39 is 0 Å². The van der Waals surface area contributed by atoms with Crippen molar-refractivity contribution in [2.75, 3.05) is 0 Å². The third kappa shape index (κ3) is 3.16. The van der Waals surface area contributed by atoms with Crippen molar-refractivity contribution in [2.24, 2.45) is 17.3 Å². The van der Waals surface area contributed by atoms with Crippen LogP contribution < -0.4 is 0 Å². The first kappa shape index (κ1) is 16.6. The van der Waals surface area contributed by atoms with Crippen molar-refractivity contribution in [1.29, 1.82) is 0 Å². The van der Waals surface area contributed by atoms with E-state index in [1.807, 2.05) is 0 Å². The van der Waals surface area contributed by atoms with Crippen LogP contribution in [0, 0.1) is 31.1 Å². The fraction of sp³-hybridized carbons (Fsp3) is 0.667. The molecule has 3 heteroatoms. The predicted molar refractivity (Wildman–Crippen MR) is 99.1 cm³/mol. The number of hydrogen-bond acceptors (Lipinski definition) is 2. The summed E-state index contributed by atoms with van der Waals surface area (Å²) >= 11 is 4.02. The smallest absolute Gasteiger partial charge is 0.306 e. The third-order valence-electron chi connectivity index (χ3n) is 6.52. The van der Waals surface area contributed by atoms with Crippen LogP contribution in [-0.4, -0.2) is 10.3 Å². The van der Waals surface area contributed by atoms with Crippen molar-refractivity contribution in [3.05, 3.63) is 34.9 Å². The zero-order valence-electron chi connectivity index (χ0n) is 14.7. The average Bonchev–Trinajstić information content (AvgIpc) is 2.45. The lowest BCUT2D eigenvalue weighted by molar-refractivity contribution is -0.152. The van der Waals surface area contributed by atoms with Gasteiger partial charge in [-0.1, -0.05) is 39.7 Å². The minimum absolute atomic E-state index is 0.00560. The van der Waals surface area contributed by atoms with E-state index in [1.54, 1.807) is 0 Å². The van der Waals surface area contributed by atoms with Gasteiger partial charge in [0.1, 0.15) is 6.61 Å². The Morgan fingerprint density at radius 2 is 1.92 bits per heavy atom. The number of aryl methyl sites for hydroxylation is 2. The summed E-state index contributed by atoms with van der Waals surface area (Å²) < 4.78 is 5.99. The highest BCUT2D eigenvalue weighted by Crippen LogP contribution is 2.65. The third-order valence-corrected chi connectivity index (χ3v) is 7.45. The zero-order chi connectivity index (χ0) is 16.9. The number of benzene rings is 1. The Labute approximate surface area is 153 Å². The maximum absolute atomic E-state index is 12.6. The molecule has 0 amide bonds. The minimum Gasteiger partial charge on any atom is -0.461 e.